The fourth-order valence-corrected chi connectivity index (χ4v) is 1.28. The second-order valence-electron chi connectivity index (χ2n) is 2.79. The van der Waals surface area contributed by atoms with Crippen LogP contribution in [0.25, 0.3) is 0 Å². The van der Waals surface area contributed by atoms with E-state index >= 15 is 0 Å². The zero-order valence-electron chi connectivity index (χ0n) is 6.04. The van der Waals surface area contributed by atoms with E-state index in [2.05, 4.69) is 0 Å². The van der Waals surface area contributed by atoms with Gasteiger partial charge in [-0.2, -0.15) is 0 Å². The van der Waals surface area contributed by atoms with E-state index in [1.54, 1.807) is 7.11 Å². The van der Waals surface area contributed by atoms with Gasteiger partial charge in [0.15, 0.2) is 0 Å². The van der Waals surface area contributed by atoms with Crippen molar-refractivity contribution < 1.29 is 14.6 Å². The van der Waals surface area contributed by atoms with E-state index in [0.29, 0.717) is 18.4 Å². The Morgan fingerprint density at radius 2 is 2.30 bits per heavy atom. The van der Waals surface area contributed by atoms with Gasteiger partial charge >= 0.3 is 5.97 Å². The molecule has 0 bridgehead atoms. The maximum Gasteiger partial charge on any atom is 0.303 e. The van der Waals surface area contributed by atoms with Crippen LogP contribution in [0.15, 0.2) is 0 Å². The lowest BCUT2D eigenvalue weighted by Gasteiger charge is -2.32. The summed E-state index contributed by atoms with van der Waals surface area (Å²) >= 11 is 0. The Kier molecular flexibility index (Phi) is 2.27. The van der Waals surface area contributed by atoms with Gasteiger partial charge in [-0.15, -0.1) is 0 Å². The SMILES string of the molecule is COC1CC(CC(=O)O)C1. The molecular formula is C7H12O3. The van der Waals surface area contributed by atoms with Crippen LogP contribution >= 0.6 is 0 Å². The van der Waals surface area contributed by atoms with Crippen LogP contribution in [-0.2, 0) is 9.53 Å². The number of methoxy groups -OCH3 is 1. The maximum atomic E-state index is 10.2. The highest BCUT2D eigenvalue weighted by atomic mass is 16.5. The van der Waals surface area contributed by atoms with Crippen molar-refractivity contribution in [2.45, 2.75) is 25.4 Å². The van der Waals surface area contributed by atoms with Crippen molar-refractivity contribution >= 4 is 5.97 Å². The smallest absolute Gasteiger partial charge is 0.303 e. The molecule has 1 aliphatic carbocycles. The zero-order valence-corrected chi connectivity index (χ0v) is 6.04. The molecule has 0 unspecified atom stereocenters. The van der Waals surface area contributed by atoms with Gasteiger partial charge in [-0.3, -0.25) is 4.79 Å². The van der Waals surface area contributed by atoms with E-state index in [0.717, 1.165) is 12.8 Å². The Morgan fingerprint density at radius 3 is 2.70 bits per heavy atom. The van der Waals surface area contributed by atoms with E-state index in [9.17, 15) is 4.79 Å². The number of aliphatic carboxylic acids is 1. The van der Waals surface area contributed by atoms with E-state index in [1.807, 2.05) is 0 Å². The van der Waals surface area contributed by atoms with Crippen LogP contribution in [0, 0.1) is 5.92 Å². The van der Waals surface area contributed by atoms with Crippen molar-refractivity contribution in [1.82, 2.24) is 0 Å². The van der Waals surface area contributed by atoms with Gasteiger partial charge in [0, 0.05) is 13.5 Å². The van der Waals surface area contributed by atoms with Crippen molar-refractivity contribution in [3.05, 3.63) is 0 Å². The lowest BCUT2D eigenvalue weighted by molar-refractivity contribution is -0.140. The molecule has 0 heterocycles. The first-order chi connectivity index (χ1) is 4.72. The number of rotatable bonds is 3. The largest absolute Gasteiger partial charge is 0.481 e. The van der Waals surface area contributed by atoms with E-state index in [-0.39, 0.29) is 0 Å². The van der Waals surface area contributed by atoms with E-state index < -0.39 is 5.97 Å². The molecule has 0 aromatic rings. The molecule has 0 spiro atoms. The van der Waals surface area contributed by atoms with Gasteiger partial charge in [-0.1, -0.05) is 0 Å². The Morgan fingerprint density at radius 1 is 1.70 bits per heavy atom. The van der Waals surface area contributed by atoms with E-state index in [1.165, 1.54) is 0 Å². The number of hydrogen-bond donors (Lipinski definition) is 1. The molecule has 3 heteroatoms. The first-order valence-electron chi connectivity index (χ1n) is 3.47. The summed E-state index contributed by atoms with van der Waals surface area (Å²) in [5, 5.41) is 8.37. The summed E-state index contributed by atoms with van der Waals surface area (Å²) < 4.78 is 5.01. The zero-order chi connectivity index (χ0) is 7.56. The highest BCUT2D eigenvalue weighted by Gasteiger charge is 2.30. The normalized spacial score (nSPS) is 31.3. The minimum Gasteiger partial charge on any atom is -0.481 e. The van der Waals surface area contributed by atoms with Crippen LogP contribution in [0.4, 0.5) is 0 Å². The average molecular weight is 144 g/mol. The lowest BCUT2D eigenvalue weighted by Crippen LogP contribution is -2.31. The summed E-state index contributed by atoms with van der Waals surface area (Å²) in [5.41, 5.74) is 0. The number of ether oxygens (including phenoxy) is 1. The summed E-state index contributed by atoms with van der Waals surface area (Å²) in [7, 11) is 1.67. The highest BCUT2D eigenvalue weighted by Crippen LogP contribution is 2.31. The predicted octanol–water partition coefficient (Wildman–Crippen LogP) is 0.886. The number of hydrogen-bond acceptors (Lipinski definition) is 2. The van der Waals surface area contributed by atoms with Crippen molar-refractivity contribution in [3.63, 3.8) is 0 Å². The van der Waals surface area contributed by atoms with Gasteiger partial charge < -0.3 is 9.84 Å². The van der Waals surface area contributed by atoms with Gasteiger partial charge in [0.1, 0.15) is 0 Å². The van der Waals surface area contributed by atoms with Crippen LogP contribution in [0.2, 0.25) is 0 Å². The molecule has 58 valence electrons. The number of carboxylic acid groups (broad SMARTS) is 1. The van der Waals surface area contributed by atoms with Crippen LogP contribution in [-0.4, -0.2) is 24.3 Å². The molecule has 1 rings (SSSR count). The minimum absolute atomic E-state index is 0.305. The summed E-state index contributed by atoms with van der Waals surface area (Å²) in [4.78, 5) is 10.2. The van der Waals surface area contributed by atoms with E-state index in [4.69, 9.17) is 9.84 Å². The molecule has 1 N–H and O–H groups in total. The molecular weight excluding hydrogens is 132 g/mol. The Labute approximate surface area is 60.0 Å². The lowest BCUT2D eigenvalue weighted by atomic mass is 9.80. The first-order valence-corrected chi connectivity index (χ1v) is 3.47. The number of carbonyl (C=O) groups is 1. The fraction of sp³-hybridized carbons (Fsp3) is 0.857. The molecule has 0 atom stereocenters. The molecule has 10 heavy (non-hydrogen) atoms. The third kappa shape index (κ3) is 1.70. The molecule has 0 radical (unpaired) electrons. The van der Waals surface area contributed by atoms with Crippen molar-refractivity contribution in [2.24, 2.45) is 5.92 Å². The van der Waals surface area contributed by atoms with Crippen molar-refractivity contribution in [2.75, 3.05) is 7.11 Å². The third-order valence-electron chi connectivity index (χ3n) is 1.99. The van der Waals surface area contributed by atoms with Gasteiger partial charge in [-0.05, 0) is 18.8 Å². The summed E-state index contributed by atoms with van der Waals surface area (Å²) in [5.74, 6) is -0.331. The quantitative estimate of drug-likeness (QED) is 0.639. The van der Waals surface area contributed by atoms with Crippen LogP contribution in [0.5, 0.6) is 0 Å². The molecule has 1 saturated carbocycles. The molecule has 0 aromatic heterocycles. The second-order valence-corrected chi connectivity index (χ2v) is 2.79. The topological polar surface area (TPSA) is 46.5 Å². The Bertz CT molecular complexity index is 127. The monoisotopic (exact) mass is 144 g/mol. The van der Waals surface area contributed by atoms with Gasteiger partial charge in [0.2, 0.25) is 0 Å². The summed E-state index contributed by atoms with van der Waals surface area (Å²) in [6.07, 6.45) is 2.47. The average Bonchev–Trinajstić information content (AvgIpc) is 1.76. The summed E-state index contributed by atoms with van der Waals surface area (Å²) in [6, 6.07) is 0. The maximum absolute atomic E-state index is 10.2. The highest BCUT2D eigenvalue weighted by molar-refractivity contribution is 5.67. The van der Waals surface area contributed by atoms with Crippen LogP contribution in [0.1, 0.15) is 19.3 Å². The molecule has 1 aliphatic rings. The Hall–Kier alpha value is -0.570. The molecule has 1 fully saturated rings. The van der Waals surface area contributed by atoms with Crippen LogP contribution in [0.3, 0.4) is 0 Å². The first kappa shape index (κ1) is 7.54. The van der Waals surface area contributed by atoms with Gasteiger partial charge in [-0.25, -0.2) is 0 Å². The molecule has 0 amide bonds. The minimum atomic E-state index is -0.695. The fourth-order valence-electron chi connectivity index (χ4n) is 1.28. The predicted molar refractivity (Wildman–Crippen MR) is 35.8 cm³/mol. The standard InChI is InChI=1S/C7H12O3/c1-10-6-2-5(3-6)4-7(8)9/h5-6H,2-4H2,1H3,(H,8,9). The van der Waals surface area contributed by atoms with Crippen LogP contribution < -0.4 is 0 Å². The molecule has 0 aromatic carbocycles. The van der Waals surface area contributed by atoms with Crippen molar-refractivity contribution in [3.8, 4) is 0 Å². The van der Waals surface area contributed by atoms with Gasteiger partial charge in [0.25, 0.3) is 0 Å². The second kappa shape index (κ2) is 3.01. The summed E-state index contributed by atoms with van der Waals surface area (Å²) in [6.45, 7) is 0. The van der Waals surface area contributed by atoms with Crippen molar-refractivity contribution in [1.29, 1.82) is 0 Å². The Balaban J connectivity index is 2.08. The number of carboxylic acids is 1. The third-order valence-corrected chi connectivity index (χ3v) is 1.99. The molecule has 3 nitrogen and oxygen atoms in total. The molecule has 0 saturated heterocycles. The molecule has 0 aliphatic heterocycles. The van der Waals surface area contributed by atoms with Gasteiger partial charge in [0.05, 0.1) is 6.10 Å².